The van der Waals surface area contributed by atoms with Crippen LogP contribution >= 0.6 is 23.2 Å². The molecule has 1 N–H and O–H groups in total. The molecular weight excluding hydrogens is 308 g/mol. The molecule has 1 fully saturated rings. The van der Waals surface area contributed by atoms with Gasteiger partial charge in [-0.2, -0.15) is 0 Å². The maximum Gasteiger partial charge on any atom is 0.334 e. The summed E-state index contributed by atoms with van der Waals surface area (Å²) in [6.07, 6.45) is 1.90. The fraction of sp³-hybridized carbons (Fsp3) is 0.385. The molecule has 0 heterocycles. The highest BCUT2D eigenvalue weighted by atomic mass is 35.5. The predicted molar refractivity (Wildman–Crippen MR) is 72.3 cm³/mol. The Morgan fingerprint density at radius 2 is 2.05 bits per heavy atom. The van der Waals surface area contributed by atoms with Gasteiger partial charge in [0.1, 0.15) is 5.82 Å². The van der Waals surface area contributed by atoms with Gasteiger partial charge >= 0.3 is 5.97 Å². The van der Waals surface area contributed by atoms with Gasteiger partial charge in [-0.3, -0.25) is 4.79 Å². The van der Waals surface area contributed by atoms with Crippen molar-refractivity contribution in [3.63, 3.8) is 0 Å². The summed E-state index contributed by atoms with van der Waals surface area (Å²) in [6, 6.07) is 1.95. The van der Waals surface area contributed by atoms with E-state index in [1.54, 1.807) is 0 Å². The molecule has 0 spiro atoms. The molecule has 1 aliphatic carbocycles. The van der Waals surface area contributed by atoms with Crippen LogP contribution in [0.3, 0.4) is 0 Å². The molecule has 1 atom stereocenters. The minimum Gasteiger partial charge on any atom is -0.479 e. The largest absolute Gasteiger partial charge is 0.479 e. The molecule has 20 heavy (non-hydrogen) atoms. The average molecular weight is 320 g/mol. The van der Waals surface area contributed by atoms with E-state index in [1.165, 1.54) is 11.8 Å². The van der Waals surface area contributed by atoms with Gasteiger partial charge in [0.25, 0.3) is 0 Å². The second kappa shape index (κ2) is 5.22. The maximum absolute atomic E-state index is 13.6. The highest BCUT2D eigenvalue weighted by molar-refractivity contribution is 6.35. The first-order valence-electron chi connectivity index (χ1n) is 5.94. The van der Waals surface area contributed by atoms with Crippen LogP contribution in [0, 0.1) is 5.82 Å². The SMILES string of the molecule is CC(C(=O)O)(c1cc(F)c(Cl)cc1Cl)N(C=O)C1CC1. The van der Waals surface area contributed by atoms with E-state index >= 15 is 0 Å². The number of carbonyl (C=O) groups excluding carboxylic acids is 1. The fourth-order valence-corrected chi connectivity index (χ4v) is 2.74. The lowest BCUT2D eigenvalue weighted by Crippen LogP contribution is -2.50. The predicted octanol–water partition coefficient (Wildman–Crippen LogP) is 3.05. The van der Waals surface area contributed by atoms with E-state index < -0.39 is 17.3 Å². The number of nitrogens with zero attached hydrogens (tertiary/aromatic N) is 1. The summed E-state index contributed by atoms with van der Waals surface area (Å²) in [5, 5.41) is 9.34. The normalized spacial score (nSPS) is 17.4. The Morgan fingerprint density at radius 1 is 1.45 bits per heavy atom. The van der Waals surface area contributed by atoms with Crippen molar-refractivity contribution < 1.29 is 19.1 Å². The Labute approximate surface area is 125 Å². The number of hydrogen-bond donors (Lipinski definition) is 1. The van der Waals surface area contributed by atoms with E-state index in [0.29, 0.717) is 6.41 Å². The van der Waals surface area contributed by atoms with E-state index in [9.17, 15) is 19.1 Å². The molecule has 0 bridgehead atoms. The van der Waals surface area contributed by atoms with Gasteiger partial charge in [-0.25, -0.2) is 9.18 Å². The van der Waals surface area contributed by atoms with E-state index in [0.717, 1.165) is 25.0 Å². The van der Waals surface area contributed by atoms with Crippen molar-refractivity contribution in [1.29, 1.82) is 0 Å². The standard InChI is InChI=1S/C13H12Cl2FNO3/c1-13(12(19)20,17(6-18)7-2-3-7)8-4-11(16)10(15)5-9(8)14/h4-7H,2-3H2,1H3,(H,19,20). The summed E-state index contributed by atoms with van der Waals surface area (Å²) in [4.78, 5) is 24.1. The maximum atomic E-state index is 13.6. The zero-order valence-corrected chi connectivity index (χ0v) is 12.1. The van der Waals surface area contributed by atoms with Gasteiger partial charge in [0.2, 0.25) is 6.41 Å². The lowest BCUT2D eigenvalue weighted by atomic mass is 9.90. The van der Waals surface area contributed by atoms with Gasteiger partial charge in [-0.15, -0.1) is 0 Å². The smallest absolute Gasteiger partial charge is 0.334 e. The van der Waals surface area contributed by atoms with E-state index in [2.05, 4.69) is 0 Å². The first kappa shape index (κ1) is 15.1. The van der Waals surface area contributed by atoms with Crippen molar-refractivity contribution >= 4 is 35.6 Å². The van der Waals surface area contributed by atoms with Crippen LogP contribution in [0.2, 0.25) is 10.0 Å². The summed E-state index contributed by atoms with van der Waals surface area (Å²) in [6.45, 7) is 1.33. The fourth-order valence-electron chi connectivity index (χ4n) is 2.17. The summed E-state index contributed by atoms with van der Waals surface area (Å²) in [5.74, 6) is -2.06. The molecule has 2 rings (SSSR count). The van der Waals surface area contributed by atoms with Crippen molar-refractivity contribution in [2.45, 2.75) is 31.3 Å². The van der Waals surface area contributed by atoms with Crippen LogP contribution in [0.25, 0.3) is 0 Å². The number of benzene rings is 1. The number of carboxylic acid groups (broad SMARTS) is 1. The van der Waals surface area contributed by atoms with E-state index in [4.69, 9.17) is 23.2 Å². The Morgan fingerprint density at radius 3 is 2.50 bits per heavy atom. The van der Waals surface area contributed by atoms with Crippen LogP contribution < -0.4 is 0 Å². The van der Waals surface area contributed by atoms with Crippen LogP contribution in [0.5, 0.6) is 0 Å². The molecule has 7 heteroatoms. The van der Waals surface area contributed by atoms with E-state index in [-0.39, 0.29) is 21.7 Å². The van der Waals surface area contributed by atoms with Crippen LogP contribution in [0.1, 0.15) is 25.3 Å². The molecule has 108 valence electrons. The third-order valence-corrected chi connectivity index (χ3v) is 4.12. The minimum absolute atomic E-state index is 0.00701. The van der Waals surface area contributed by atoms with Crippen molar-refractivity contribution in [1.82, 2.24) is 4.90 Å². The number of carbonyl (C=O) groups is 2. The second-order valence-electron chi connectivity index (χ2n) is 4.87. The lowest BCUT2D eigenvalue weighted by Gasteiger charge is -2.36. The quantitative estimate of drug-likeness (QED) is 0.670. The zero-order chi connectivity index (χ0) is 15.1. The monoisotopic (exact) mass is 319 g/mol. The highest BCUT2D eigenvalue weighted by Crippen LogP contribution is 2.41. The van der Waals surface area contributed by atoms with Crippen LogP contribution in [0.4, 0.5) is 4.39 Å². The van der Waals surface area contributed by atoms with Gasteiger partial charge < -0.3 is 10.0 Å². The molecule has 1 aromatic carbocycles. The summed E-state index contributed by atoms with van der Waals surface area (Å²) in [7, 11) is 0. The lowest BCUT2D eigenvalue weighted by molar-refractivity contribution is -0.155. The molecule has 0 aromatic heterocycles. The molecule has 1 amide bonds. The molecule has 1 aliphatic rings. The molecule has 1 aromatic rings. The molecule has 1 unspecified atom stereocenters. The van der Waals surface area contributed by atoms with Crippen molar-refractivity contribution in [3.05, 3.63) is 33.6 Å². The Balaban J connectivity index is 2.61. The molecule has 0 saturated heterocycles. The summed E-state index contributed by atoms with van der Waals surface area (Å²) in [5.41, 5.74) is -1.72. The van der Waals surface area contributed by atoms with Crippen LogP contribution in [-0.4, -0.2) is 28.4 Å². The molecule has 0 aliphatic heterocycles. The van der Waals surface area contributed by atoms with Gasteiger partial charge in [0.05, 0.1) is 5.02 Å². The van der Waals surface area contributed by atoms with Gasteiger partial charge in [-0.1, -0.05) is 23.2 Å². The number of aliphatic carboxylic acids is 1. The number of hydrogen-bond acceptors (Lipinski definition) is 2. The Hall–Kier alpha value is -1.33. The van der Waals surface area contributed by atoms with E-state index in [1.807, 2.05) is 0 Å². The molecule has 0 radical (unpaired) electrons. The zero-order valence-electron chi connectivity index (χ0n) is 10.6. The molecule has 1 saturated carbocycles. The average Bonchev–Trinajstić information content (AvgIpc) is 3.18. The first-order valence-corrected chi connectivity index (χ1v) is 6.70. The van der Waals surface area contributed by atoms with Crippen molar-refractivity contribution in [3.8, 4) is 0 Å². The summed E-state index contributed by atoms with van der Waals surface area (Å²) >= 11 is 11.6. The third kappa shape index (κ3) is 2.36. The minimum atomic E-state index is -1.73. The highest BCUT2D eigenvalue weighted by Gasteiger charge is 2.48. The topological polar surface area (TPSA) is 57.6 Å². The Bertz CT molecular complexity index is 577. The third-order valence-electron chi connectivity index (χ3n) is 3.52. The number of rotatable bonds is 5. The first-order chi connectivity index (χ1) is 9.32. The molecular formula is C13H12Cl2FNO3. The van der Waals surface area contributed by atoms with Crippen molar-refractivity contribution in [2.24, 2.45) is 0 Å². The Kier molecular flexibility index (Phi) is 3.93. The van der Waals surface area contributed by atoms with Crippen LogP contribution in [0.15, 0.2) is 12.1 Å². The number of amides is 1. The molecule has 4 nitrogen and oxygen atoms in total. The van der Waals surface area contributed by atoms with Crippen LogP contribution in [-0.2, 0) is 15.1 Å². The number of halogens is 3. The van der Waals surface area contributed by atoms with Gasteiger partial charge in [-0.05, 0) is 31.9 Å². The van der Waals surface area contributed by atoms with Crippen molar-refractivity contribution in [2.75, 3.05) is 0 Å². The number of carboxylic acids is 1. The second-order valence-corrected chi connectivity index (χ2v) is 5.68. The summed E-state index contributed by atoms with van der Waals surface area (Å²) < 4.78 is 13.6. The van der Waals surface area contributed by atoms with Gasteiger partial charge in [0.15, 0.2) is 5.54 Å². The van der Waals surface area contributed by atoms with Gasteiger partial charge in [0, 0.05) is 16.6 Å².